The smallest absolute Gasteiger partial charge is 0.324 e. The summed E-state index contributed by atoms with van der Waals surface area (Å²) in [5.41, 5.74) is 0.684. The highest BCUT2D eigenvalue weighted by molar-refractivity contribution is 7.89. The van der Waals surface area contributed by atoms with Crippen molar-refractivity contribution in [1.29, 1.82) is 0 Å². The number of ether oxygens (including phenoxy) is 2. The largest absolute Gasteiger partial charge is 0.508 e. The van der Waals surface area contributed by atoms with Crippen LogP contribution in [0.2, 0.25) is 0 Å². The van der Waals surface area contributed by atoms with Gasteiger partial charge in [0.2, 0.25) is 10.0 Å². The number of hydrogen-bond donors (Lipinski definition) is 1. The first kappa shape index (κ1) is 22.8. The minimum Gasteiger partial charge on any atom is -0.508 e. The van der Waals surface area contributed by atoms with Crippen molar-refractivity contribution in [3.63, 3.8) is 0 Å². The number of carbonyl (C=O) groups is 1. The van der Waals surface area contributed by atoms with Gasteiger partial charge in [-0.1, -0.05) is 18.2 Å². The van der Waals surface area contributed by atoms with E-state index in [-0.39, 0.29) is 23.6 Å². The second kappa shape index (κ2) is 9.95. The van der Waals surface area contributed by atoms with Crippen LogP contribution in [0.3, 0.4) is 0 Å². The van der Waals surface area contributed by atoms with E-state index < -0.39 is 22.0 Å². The Bertz CT molecular complexity index is 1090. The zero-order valence-corrected chi connectivity index (χ0v) is 18.7. The molecule has 1 N–H and O–H groups in total. The number of esters is 1. The molecule has 0 aliphatic heterocycles. The zero-order valence-electron chi connectivity index (χ0n) is 17.1. The van der Waals surface area contributed by atoms with Crippen LogP contribution in [0.4, 0.5) is 0 Å². The molecule has 3 aromatic rings. The highest BCUT2D eigenvalue weighted by Gasteiger charge is 2.37. The summed E-state index contributed by atoms with van der Waals surface area (Å²) in [4.78, 5) is 13.5. The Morgan fingerprint density at radius 2 is 1.74 bits per heavy atom. The summed E-state index contributed by atoms with van der Waals surface area (Å²) in [5.74, 6) is -0.0622. The van der Waals surface area contributed by atoms with Crippen molar-refractivity contribution in [1.82, 2.24) is 4.31 Å². The fourth-order valence-electron chi connectivity index (χ4n) is 3.09. The quantitative estimate of drug-likeness (QED) is 0.491. The van der Waals surface area contributed by atoms with Crippen molar-refractivity contribution in [3.05, 3.63) is 76.5 Å². The molecule has 0 unspecified atom stereocenters. The van der Waals surface area contributed by atoms with Crippen molar-refractivity contribution in [3.8, 4) is 11.5 Å². The molecule has 2 aromatic carbocycles. The van der Waals surface area contributed by atoms with Crippen LogP contribution >= 0.6 is 11.3 Å². The number of aromatic hydroxyl groups is 1. The molecule has 1 heterocycles. The second-order valence-electron chi connectivity index (χ2n) is 6.71. The molecule has 1 atom stereocenters. The van der Waals surface area contributed by atoms with Gasteiger partial charge in [-0.15, -0.1) is 11.3 Å². The number of benzene rings is 2. The topological polar surface area (TPSA) is 93.1 Å². The predicted octanol–water partition coefficient (Wildman–Crippen LogP) is 3.44. The third-order valence-electron chi connectivity index (χ3n) is 4.74. The number of nitrogens with zero attached hydrogens (tertiary/aromatic N) is 1. The summed E-state index contributed by atoms with van der Waals surface area (Å²) in [6.45, 7) is -0.0433. The van der Waals surface area contributed by atoms with E-state index >= 15 is 0 Å². The van der Waals surface area contributed by atoms with Gasteiger partial charge in [-0.25, -0.2) is 8.42 Å². The average Bonchev–Trinajstić information content (AvgIpc) is 3.29. The van der Waals surface area contributed by atoms with Gasteiger partial charge in [-0.2, -0.15) is 4.31 Å². The van der Waals surface area contributed by atoms with E-state index in [1.165, 1.54) is 42.7 Å². The van der Waals surface area contributed by atoms with Gasteiger partial charge in [0.25, 0.3) is 0 Å². The van der Waals surface area contributed by atoms with Crippen LogP contribution in [0.15, 0.2) is 70.9 Å². The molecule has 0 saturated carbocycles. The predicted molar refractivity (Wildman–Crippen MR) is 118 cm³/mol. The van der Waals surface area contributed by atoms with Crippen LogP contribution in [0, 0.1) is 0 Å². The lowest BCUT2D eigenvalue weighted by Crippen LogP contribution is -2.46. The Labute approximate surface area is 185 Å². The lowest BCUT2D eigenvalue weighted by molar-refractivity contribution is -0.145. The Balaban J connectivity index is 2.05. The zero-order chi connectivity index (χ0) is 22.4. The summed E-state index contributed by atoms with van der Waals surface area (Å²) in [6, 6.07) is 14.8. The molecule has 1 aromatic heterocycles. The summed E-state index contributed by atoms with van der Waals surface area (Å²) in [7, 11) is -1.31. The van der Waals surface area contributed by atoms with Crippen molar-refractivity contribution in [2.24, 2.45) is 0 Å². The summed E-state index contributed by atoms with van der Waals surface area (Å²) < 4.78 is 38.4. The Kier molecular flexibility index (Phi) is 7.32. The highest BCUT2D eigenvalue weighted by atomic mass is 32.2. The molecular weight excluding hydrogens is 438 g/mol. The van der Waals surface area contributed by atoms with Crippen LogP contribution < -0.4 is 4.74 Å². The maximum atomic E-state index is 13.6. The van der Waals surface area contributed by atoms with Crippen LogP contribution in [0.25, 0.3) is 0 Å². The molecule has 0 saturated heterocycles. The molecule has 0 fully saturated rings. The van der Waals surface area contributed by atoms with E-state index in [4.69, 9.17) is 9.47 Å². The standard InChI is InChI=1S/C22H23NO6S2/c1-28-18-9-5-16(6-10-18)15-23(31(26,27)20-11-7-17(24)8-12-20)21(22(25)29-2)14-19-4-3-13-30-19/h3-13,21,24H,14-15H2,1-2H3/t21-/m1/s1. The van der Waals surface area contributed by atoms with Crippen molar-refractivity contribution >= 4 is 27.3 Å². The van der Waals surface area contributed by atoms with Crippen LogP contribution in [0.1, 0.15) is 10.4 Å². The molecule has 7 nitrogen and oxygen atoms in total. The van der Waals surface area contributed by atoms with Crippen molar-refractivity contribution in [2.45, 2.75) is 23.9 Å². The second-order valence-corrected chi connectivity index (χ2v) is 9.64. The van der Waals surface area contributed by atoms with Gasteiger partial charge < -0.3 is 14.6 Å². The Morgan fingerprint density at radius 3 is 2.29 bits per heavy atom. The molecule has 31 heavy (non-hydrogen) atoms. The molecule has 9 heteroatoms. The summed E-state index contributed by atoms with van der Waals surface area (Å²) in [5, 5.41) is 11.4. The number of phenolic OH excluding ortho intramolecular Hbond substituents is 1. The van der Waals surface area contributed by atoms with Crippen molar-refractivity contribution in [2.75, 3.05) is 14.2 Å². The molecule has 0 aliphatic carbocycles. The van der Waals surface area contributed by atoms with Gasteiger partial charge in [0.05, 0.1) is 19.1 Å². The normalized spacial score (nSPS) is 12.5. The van der Waals surface area contributed by atoms with Gasteiger partial charge in [0.15, 0.2) is 0 Å². The van der Waals surface area contributed by atoms with E-state index in [0.717, 1.165) is 9.18 Å². The number of hydrogen-bond acceptors (Lipinski definition) is 7. The number of phenols is 1. The molecular formula is C22H23NO6S2. The Hall–Kier alpha value is -2.88. The number of sulfonamides is 1. The minimum atomic E-state index is -4.09. The van der Waals surface area contributed by atoms with Gasteiger partial charge in [0.1, 0.15) is 17.5 Å². The fraction of sp³-hybridized carbons (Fsp3) is 0.227. The summed E-state index contributed by atoms with van der Waals surface area (Å²) in [6.07, 6.45) is 0.178. The van der Waals surface area contributed by atoms with Crippen molar-refractivity contribution < 1.29 is 27.8 Å². The molecule has 0 amide bonds. The van der Waals surface area contributed by atoms with Crippen LogP contribution in [-0.2, 0) is 32.5 Å². The summed E-state index contributed by atoms with van der Waals surface area (Å²) >= 11 is 1.44. The van der Waals surface area contributed by atoms with E-state index in [1.807, 2.05) is 17.5 Å². The van der Waals surface area contributed by atoms with Crippen LogP contribution in [-0.4, -0.2) is 44.1 Å². The van der Waals surface area contributed by atoms with E-state index in [0.29, 0.717) is 11.3 Å². The third kappa shape index (κ3) is 5.43. The van der Waals surface area contributed by atoms with Gasteiger partial charge in [0, 0.05) is 17.8 Å². The van der Waals surface area contributed by atoms with Gasteiger partial charge >= 0.3 is 5.97 Å². The average molecular weight is 462 g/mol. The van der Waals surface area contributed by atoms with E-state index in [9.17, 15) is 18.3 Å². The van der Waals surface area contributed by atoms with E-state index in [2.05, 4.69) is 0 Å². The number of methoxy groups -OCH3 is 2. The number of rotatable bonds is 9. The molecule has 0 spiro atoms. The highest BCUT2D eigenvalue weighted by Crippen LogP contribution is 2.27. The minimum absolute atomic E-state index is 0.0288. The number of carbonyl (C=O) groups excluding carboxylic acids is 1. The Morgan fingerprint density at radius 1 is 1.06 bits per heavy atom. The monoisotopic (exact) mass is 461 g/mol. The van der Waals surface area contributed by atoms with Gasteiger partial charge in [-0.05, 0) is 53.4 Å². The number of thiophene rings is 1. The molecule has 0 bridgehead atoms. The van der Waals surface area contributed by atoms with Gasteiger partial charge in [-0.3, -0.25) is 4.79 Å². The first-order valence-corrected chi connectivity index (χ1v) is 11.7. The van der Waals surface area contributed by atoms with E-state index in [1.54, 1.807) is 31.4 Å². The first-order chi connectivity index (χ1) is 14.8. The maximum absolute atomic E-state index is 13.6. The molecule has 3 rings (SSSR count). The molecule has 0 aliphatic rings. The third-order valence-corrected chi connectivity index (χ3v) is 7.50. The first-order valence-electron chi connectivity index (χ1n) is 9.39. The fourth-order valence-corrected chi connectivity index (χ4v) is 5.39. The lowest BCUT2D eigenvalue weighted by Gasteiger charge is -2.29. The molecule has 164 valence electrons. The SMILES string of the molecule is COC(=O)[C@@H](Cc1cccs1)N(Cc1ccc(OC)cc1)S(=O)(=O)c1ccc(O)cc1. The molecule has 0 radical (unpaired) electrons. The van der Waals surface area contributed by atoms with Crippen LogP contribution in [0.5, 0.6) is 11.5 Å². The lowest BCUT2D eigenvalue weighted by atomic mass is 10.1. The maximum Gasteiger partial charge on any atom is 0.324 e.